The summed E-state index contributed by atoms with van der Waals surface area (Å²) in [6.45, 7) is 26.2. The number of fused-ring (bicyclic) bond motifs is 7. The number of aromatic nitrogens is 1. The van der Waals surface area contributed by atoms with Crippen molar-refractivity contribution in [3.8, 4) is 22.3 Å². The van der Waals surface area contributed by atoms with Crippen LogP contribution >= 0.6 is 0 Å². The fourth-order valence-corrected chi connectivity index (χ4v) is 13.1. The lowest BCUT2D eigenvalue weighted by Gasteiger charge is -2.51. The first-order valence-electron chi connectivity index (χ1n) is 26.5. The third-order valence-corrected chi connectivity index (χ3v) is 17.3. The van der Waals surface area contributed by atoms with Gasteiger partial charge in [0.2, 0.25) is 0 Å². The van der Waals surface area contributed by atoms with Crippen molar-refractivity contribution in [3.05, 3.63) is 192 Å². The number of hydrogen-bond donors (Lipinski definition) is 0. The van der Waals surface area contributed by atoms with Gasteiger partial charge in [0.25, 0.3) is 6.71 Å². The van der Waals surface area contributed by atoms with Gasteiger partial charge in [-0.25, -0.2) is 0 Å². The molecule has 3 aliphatic heterocycles. The van der Waals surface area contributed by atoms with E-state index in [4.69, 9.17) is 0 Å². The molecule has 0 N–H and O–H groups in total. The molecule has 7 aromatic carbocycles. The third kappa shape index (κ3) is 7.12. The molecule has 4 nitrogen and oxygen atoms in total. The van der Waals surface area contributed by atoms with Gasteiger partial charge in [-0.15, -0.1) is 0 Å². The van der Waals surface area contributed by atoms with Crippen LogP contribution in [0.25, 0.3) is 22.3 Å². The Kier molecular flexibility index (Phi) is 10.5. The van der Waals surface area contributed by atoms with Gasteiger partial charge < -0.3 is 14.7 Å². The minimum Gasteiger partial charge on any atom is -0.334 e. The predicted octanol–water partition coefficient (Wildman–Crippen LogP) is 16.1. The molecule has 0 amide bonds. The lowest BCUT2D eigenvalue weighted by atomic mass is 9.33. The van der Waals surface area contributed by atoms with Crippen LogP contribution in [0, 0.1) is 0 Å². The summed E-state index contributed by atoms with van der Waals surface area (Å²) < 4.78 is 0. The van der Waals surface area contributed by atoms with Crippen molar-refractivity contribution in [2.24, 2.45) is 0 Å². The van der Waals surface area contributed by atoms with Crippen molar-refractivity contribution in [1.82, 2.24) is 4.98 Å². The zero-order chi connectivity index (χ0) is 50.1. The Morgan fingerprint density at radius 1 is 0.458 bits per heavy atom. The van der Waals surface area contributed by atoms with E-state index in [2.05, 4.69) is 254 Å². The zero-order valence-electron chi connectivity index (χ0n) is 44.4. The molecule has 0 radical (unpaired) electrons. The van der Waals surface area contributed by atoms with Gasteiger partial charge in [-0.05, 0) is 158 Å². The van der Waals surface area contributed by atoms with Crippen LogP contribution in [-0.2, 0) is 21.7 Å². The summed E-state index contributed by atoms with van der Waals surface area (Å²) in [5.41, 5.74) is 23.7. The van der Waals surface area contributed by atoms with Gasteiger partial charge in [0.1, 0.15) is 0 Å². The molecule has 5 heteroatoms. The minimum atomic E-state index is -0.189. The summed E-state index contributed by atoms with van der Waals surface area (Å²) in [6.07, 6.45) is 8.54. The van der Waals surface area contributed by atoms with Crippen molar-refractivity contribution >= 4 is 68.6 Å². The molecule has 1 fully saturated rings. The number of anilines is 8. The van der Waals surface area contributed by atoms with Gasteiger partial charge in [-0.2, -0.15) is 0 Å². The van der Waals surface area contributed by atoms with E-state index in [1.165, 1.54) is 114 Å². The van der Waals surface area contributed by atoms with Gasteiger partial charge in [0.15, 0.2) is 0 Å². The largest absolute Gasteiger partial charge is 0.334 e. The second-order valence-electron chi connectivity index (χ2n) is 24.9. The second-order valence-corrected chi connectivity index (χ2v) is 24.9. The fourth-order valence-electron chi connectivity index (χ4n) is 13.1. The number of nitrogens with zero attached hydrogens (tertiary/aromatic N) is 4. The summed E-state index contributed by atoms with van der Waals surface area (Å²) in [7, 11) is 0. The van der Waals surface area contributed by atoms with Crippen molar-refractivity contribution in [1.29, 1.82) is 0 Å². The number of hydrogen-bond acceptors (Lipinski definition) is 4. The fraction of sp³-hybridized carbons (Fsp3) is 0.299. The Bertz CT molecular complexity index is 3430. The number of para-hydroxylation sites is 1. The lowest BCUT2D eigenvalue weighted by Crippen LogP contribution is -2.61. The van der Waals surface area contributed by atoms with Crippen LogP contribution in [0.4, 0.5) is 45.5 Å². The molecule has 0 saturated heterocycles. The first-order chi connectivity index (χ1) is 34.3. The smallest absolute Gasteiger partial charge is 0.252 e. The van der Waals surface area contributed by atoms with Crippen LogP contribution in [-0.4, -0.2) is 17.2 Å². The summed E-state index contributed by atoms with van der Waals surface area (Å²) in [4.78, 5) is 12.6. The monoisotopic (exact) mass is 941 g/mol. The van der Waals surface area contributed by atoms with E-state index in [-0.39, 0.29) is 33.9 Å². The maximum atomic E-state index is 4.56. The summed E-state index contributed by atoms with van der Waals surface area (Å²) in [6, 6.07) is 61.1. The number of rotatable bonds is 5. The van der Waals surface area contributed by atoms with E-state index in [1.807, 2.05) is 12.4 Å². The molecule has 0 bridgehead atoms. The van der Waals surface area contributed by atoms with E-state index < -0.39 is 0 Å². The highest BCUT2D eigenvalue weighted by Gasteiger charge is 2.58. The van der Waals surface area contributed by atoms with E-state index in [0.29, 0.717) is 0 Å². The van der Waals surface area contributed by atoms with Crippen molar-refractivity contribution in [3.63, 3.8) is 0 Å². The highest BCUT2D eigenvalue weighted by atomic mass is 15.3. The molecule has 4 heterocycles. The van der Waals surface area contributed by atoms with Gasteiger partial charge in [0, 0.05) is 63.2 Å². The van der Waals surface area contributed by atoms with Crippen molar-refractivity contribution in [2.75, 3.05) is 14.7 Å². The third-order valence-electron chi connectivity index (χ3n) is 17.3. The molecule has 2 atom stereocenters. The highest BCUT2D eigenvalue weighted by molar-refractivity contribution is 7.00. The number of benzene rings is 7. The van der Waals surface area contributed by atoms with Crippen LogP contribution in [0.3, 0.4) is 0 Å². The summed E-state index contributed by atoms with van der Waals surface area (Å²) in [5, 5.41) is 0. The first kappa shape index (κ1) is 46.2. The highest BCUT2D eigenvalue weighted by Crippen LogP contribution is 2.62. The molecule has 72 heavy (non-hydrogen) atoms. The Morgan fingerprint density at radius 3 is 1.83 bits per heavy atom. The van der Waals surface area contributed by atoms with Gasteiger partial charge in [-0.3, -0.25) is 4.98 Å². The SMILES string of the molecule is CC(C)(C)c1cccc(N2c3cc(C(C)(C)C)ccc3B3c4ccccc4N(c4ccc(C(C)(C)C)cc4-c4ccccc4)c4cc(N5c6ccc(-c7cccnc7)cc6C6(C)CCCCC56C)cc2c43)c1. The van der Waals surface area contributed by atoms with Gasteiger partial charge in [0.05, 0.1) is 11.2 Å². The molecule has 12 rings (SSSR count). The van der Waals surface area contributed by atoms with Crippen LogP contribution in [0.5, 0.6) is 0 Å². The average molecular weight is 941 g/mol. The van der Waals surface area contributed by atoms with E-state index in [1.54, 1.807) is 0 Å². The molecule has 1 saturated carbocycles. The van der Waals surface area contributed by atoms with E-state index >= 15 is 0 Å². The summed E-state index contributed by atoms with van der Waals surface area (Å²) >= 11 is 0. The first-order valence-corrected chi connectivity index (χ1v) is 26.5. The molecule has 2 unspecified atom stereocenters. The Morgan fingerprint density at radius 2 is 1.10 bits per heavy atom. The van der Waals surface area contributed by atoms with Gasteiger partial charge in [-0.1, -0.05) is 173 Å². The van der Waals surface area contributed by atoms with Crippen LogP contribution < -0.4 is 31.1 Å². The van der Waals surface area contributed by atoms with E-state index in [0.717, 1.165) is 18.4 Å². The molecular formula is C67H69BN4. The van der Waals surface area contributed by atoms with E-state index in [9.17, 15) is 0 Å². The summed E-state index contributed by atoms with van der Waals surface area (Å²) in [5.74, 6) is 0. The molecule has 1 aromatic heterocycles. The molecule has 0 spiro atoms. The van der Waals surface area contributed by atoms with Crippen LogP contribution in [0.15, 0.2) is 170 Å². The maximum Gasteiger partial charge on any atom is 0.252 e. The van der Waals surface area contributed by atoms with Crippen LogP contribution in [0.1, 0.15) is 124 Å². The minimum absolute atomic E-state index is 0.0000262. The maximum absolute atomic E-state index is 4.56. The Hall–Kier alpha value is -6.85. The van der Waals surface area contributed by atoms with Crippen molar-refractivity contribution in [2.45, 2.75) is 129 Å². The Balaban J connectivity index is 1.21. The molecule has 1 aliphatic carbocycles. The molecule has 360 valence electrons. The van der Waals surface area contributed by atoms with Crippen molar-refractivity contribution < 1.29 is 0 Å². The Labute approximate surface area is 429 Å². The molecule has 4 aliphatic rings. The second kappa shape index (κ2) is 16.3. The average Bonchev–Trinajstić information content (AvgIpc) is 3.58. The zero-order valence-corrected chi connectivity index (χ0v) is 44.4. The van der Waals surface area contributed by atoms with Crippen LogP contribution in [0.2, 0.25) is 0 Å². The quantitative estimate of drug-likeness (QED) is 0.160. The number of pyridine rings is 1. The molecule has 8 aromatic rings. The standard InChI is InChI=1S/C67H69BN4/c1-63(2,3)47-24-19-25-50(38-47)70-59-40-49(65(7,8)9)29-31-55(59)68-54-26-15-16-27-58(54)71(56-33-30-48(64(4,5)6)39-52(56)44-21-13-12-14-22-44)61-42-51(41-60(70)62(61)68)72-57-32-28-45(46-23-20-36-69-43-46)37-53(57)66(10)34-17-18-35-67(66,72)11/h12-16,19-33,36-43H,17-18,34-35H2,1-11H3. The molecular weight excluding hydrogens is 872 g/mol. The normalized spacial score (nSPS) is 19.1. The topological polar surface area (TPSA) is 22.6 Å². The lowest BCUT2D eigenvalue weighted by molar-refractivity contribution is 0.195. The van der Waals surface area contributed by atoms with Gasteiger partial charge >= 0.3 is 0 Å². The predicted molar refractivity (Wildman–Crippen MR) is 308 cm³/mol.